The molecule has 1 unspecified atom stereocenters. The van der Waals surface area contributed by atoms with Crippen LogP contribution in [-0.2, 0) is 0 Å². The van der Waals surface area contributed by atoms with Crippen molar-refractivity contribution in [2.24, 2.45) is 5.73 Å². The molecule has 0 aliphatic carbocycles. The highest BCUT2D eigenvalue weighted by atomic mass is 79.9. The van der Waals surface area contributed by atoms with Crippen LogP contribution in [0.5, 0.6) is 0 Å². The number of thiocarbonyl (C=S) groups is 1. The lowest BCUT2D eigenvalue weighted by Gasteiger charge is -2.39. The zero-order valence-corrected chi connectivity index (χ0v) is 14.4. The molecule has 1 aromatic rings. The second kappa shape index (κ2) is 7.33. The van der Waals surface area contributed by atoms with Crippen LogP contribution in [0, 0.1) is 0 Å². The van der Waals surface area contributed by atoms with Crippen LogP contribution >= 0.6 is 28.1 Å². The average molecular weight is 374 g/mol. The van der Waals surface area contributed by atoms with E-state index in [1.807, 2.05) is 0 Å². The largest absolute Gasteiger partial charge is 0.392 e. The fourth-order valence-electron chi connectivity index (χ4n) is 2.62. The number of aromatic nitrogens is 2. The summed E-state index contributed by atoms with van der Waals surface area (Å²) in [5.74, 6) is 0.695. The molecule has 1 aliphatic rings. The highest BCUT2D eigenvalue weighted by molar-refractivity contribution is 9.10. The Morgan fingerprint density at radius 2 is 2.19 bits per heavy atom. The number of nitrogens with one attached hydrogen (secondary N) is 1. The van der Waals surface area contributed by atoms with Crippen molar-refractivity contribution in [1.29, 1.82) is 0 Å². The summed E-state index contributed by atoms with van der Waals surface area (Å²) in [5.41, 5.74) is 5.70. The maximum atomic E-state index is 11.6. The van der Waals surface area contributed by atoms with E-state index in [1.54, 1.807) is 0 Å². The van der Waals surface area contributed by atoms with Gasteiger partial charge in [0.15, 0.2) is 0 Å². The third-order valence-electron chi connectivity index (χ3n) is 3.72. The summed E-state index contributed by atoms with van der Waals surface area (Å²) in [4.78, 5) is 23.4. The van der Waals surface area contributed by atoms with Crippen molar-refractivity contribution in [2.45, 2.75) is 25.8 Å². The van der Waals surface area contributed by atoms with E-state index < -0.39 is 0 Å². The summed E-state index contributed by atoms with van der Waals surface area (Å²) in [6.45, 7) is 5.47. The highest BCUT2D eigenvalue weighted by Gasteiger charge is 2.26. The second-order valence-corrected chi connectivity index (χ2v) is 6.36. The number of H-pyrrole nitrogens is 1. The molecule has 2 rings (SSSR count). The Morgan fingerprint density at radius 3 is 2.76 bits per heavy atom. The molecule has 3 N–H and O–H groups in total. The van der Waals surface area contributed by atoms with E-state index in [2.05, 4.69) is 42.6 Å². The first-order valence-corrected chi connectivity index (χ1v) is 8.26. The quantitative estimate of drug-likeness (QED) is 0.752. The van der Waals surface area contributed by atoms with Gasteiger partial charge in [-0.3, -0.25) is 9.69 Å². The Bertz CT molecular complexity index is 556. The standard InChI is InChI=1S/C13H20BrN5OS/c1-2-3-9(11(15)21)18-4-6-19(7-5-18)12-10(14)13(20)17-8-16-12/h8-9H,2-7H2,1H3,(H2,15,21)(H,16,17,20). The number of halogens is 1. The van der Waals surface area contributed by atoms with Gasteiger partial charge in [-0.1, -0.05) is 25.6 Å². The molecule has 0 aromatic carbocycles. The van der Waals surface area contributed by atoms with E-state index in [-0.39, 0.29) is 11.6 Å². The van der Waals surface area contributed by atoms with Gasteiger partial charge in [0, 0.05) is 26.2 Å². The van der Waals surface area contributed by atoms with Crippen LogP contribution in [0.15, 0.2) is 15.6 Å². The van der Waals surface area contributed by atoms with Crippen molar-refractivity contribution in [3.8, 4) is 0 Å². The zero-order valence-electron chi connectivity index (χ0n) is 12.0. The van der Waals surface area contributed by atoms with Crippen molar-refractivity contribution in [1.82, 2.24) is 14.9 Å². The molecular formula is C13H20BrN5OS. The number of anilines is 1. The van der Waals surface area contributed by atoms with Crippen molar-refractivity contribution in [2.75, 3.05) is 31.1 Å². The summed E-state index contributed by atoms with van der Waals surface area (Å²) in [7, 11) is 0. The first kappa shape index (κ1) is 16.4. The Labute approximate surface area is 137 Å². The lowest BCUT2D eigenvalue weighted by atomic mass is 10.1. The third kappa shape index (κ3) is 3.81. The topological polar surface area (TPSA) is 78.2 Å². The lowest BCUT2D eigenvalue weighted by molar-refractivity contribution is 0.219. The summed E-state index contributed by atoms with van der Waals surface area (Å²) < 4.78 is 0.484. The fraction of sp³-hybridized carbons (Fsp3) is 0.615. The summed E-state index contributed by atoms with van der Waals surface area (Å²) in [6, 6.07) is 0.169. The smallest absolute Gasteiger partial charge is 0.267 e. The molecule has 1 fully saturated rings. The van der Waals surface area contributed by atoms with Crippen LogP contribution in [0.1, 0.15) is 19.8 Å². The summed E-state index contributed by atoms with van der Waals surface area (Å²) >= 11 is 8.49. The van der Waals surface area contributed by atoms with Gasteiger partial charge < -0.3 is 15.6 Å². The van der Waals surface area contributed by atoms with E-state index in [0.29, 0.717) is 15.3 Å². The van der Waals surface area contributed by atoms with Crippen LogP contribution in [0.25, 0.3) is 0 Å². The number of hydrogen-bond donors (Lipinski definition) is 2. The molecule has 2 heterocycles. The molecule has 1 aliphatic heterocycles. The first-order valence-electron chi connectivity index (χ1n) is 7.06. The molecule has 1 atom stereocenters. The molecule has 0 radical (unpaired) electrons. The van der Waals surface area contributed by atoms with Gasteiger partial charge >= 0.3 is 0 Å². The Kier molecular flexibility index (Phi) is 5.72. The Morgan fingerprint density at radius 1 is 1.52 bits per heavy atom. The molecule has 116 valence electrons. The molecule has 6 nitrogen and oxygen atoms in total. The maximum Gasteiger partial charge on any atom is 0.267 e. The molecule has 0 bridgehead atoms. The minimum Gasteiger partial charge on any atom is -0.392 e. The first-order chi connectivity index (χ1) is 10.0. The Balaban J connectivity index is 2.04. The fourth-order valence-corrected chi connectivity index (χ4v) is 3.35. The van der Waals surface area contributed by atoms with Crippen LogP contribution in [-0.4, -0.2) is 52.1 Å². The van der Waals surface area contributed by atoms with Crippen LogP contribution < -0.4 is 16.2 Å². The molecule has 21 heavy (non-hydrogen) atoms. The van der Waals surface area contributed by atoms with Gasteiger partial charge in [0.05, 0.1) is 17.4 Å². The van der Waals surface area contributed by atoms with Gasteiger partial charge in [0.1, 0.15) is 10.3 Å². The molecule has 0 saturated carbocycles. The molecular weight excluding hydrogens is 354 g/mol. The van der Waals surface area contributed by atoms with Gasteiger partial charge in [0.25, 0.3) is 5.56 Å². The minimum absolute atomic E-state index is 0.158. The monoisotopic (exact) mass is 373 g/mol. The van der Waals surface area contributed by atoms with E-state index in [9.17, 15) is 4.79 Å². The molecule has 0 spiro atoms. The zero-order chi connectivity index (χ0) is 15.4. The van der Waals surface area contributed by atoms with E-state index in [1.165, 1.54) is 6.33 Å². The van der Waals surface area contributed by atoms with E-state index in [4.69, 9.17) is 18.0 Å². The van der Waals surface area contributed by atoms with Gasteiger partial charge in [-0.15, -0.1) is 0 Å². The summed E-state index contributed by atoms with van der Waals surface area (Å²) in [6.07, 6.45) is 3.48. The van der Waals surface area contributed by atoms with Gasteiger partial charge in [0.2, 0.25) is 0 Å². The van der Waals surface area contributed by atoms with Crippen molar-refractivity contribution in [3.05, 3.63) is 21.2 Å². The number of rotatable bonds is 5. The SMILES string of the molecule is CCCC(C(N)=S)N1CCN(c2nc[nH]c(=O)c2Br)CC1. The normalized spacial score (nSPS) is 17.7. The lowest BCUT2D eigenvalue weighted by Crippen LogP contribution is -2.54. The van der Waals surface area contributed by atoms with Crippen molar-refractivity contribution in [3.63, 3.8) is 0 Å². The van der Waals surface area contributed by atoms with Crippen molar-refractivity contribution < 1.29 is 0 Å². The molecule has 8 heteroatoms. The predicted molar refractivity (Wildman–Crippen MR) is 91.8 cm³/mol. The Hall–Kier alpha value is -0.990. The number of piperazine rings is 1. The number of nitrogens with two attached hydrogens (primary N) is 1. The maximum absolute atomic E-state index is 11.6. The average Bonchev–Trinajstić information content (AvgIpc) is 2.48. The number of hydrogen-bond acceptors (Lipinski definition) is 5. The molecule has 1 aromatic heterocycles. The van der Waals surface area contributed by atoms with Crippen LogP contribution in [0.4, 0.5) is 5.82 Å². The highest BCUT2D eigenvalue weighted by Crippen LogP contribution is 2.21. The predicted octanol–water partition coefficient (Wildman–Crippen LogP) is 1.11. The van der Waals surface area contributed by atoms with Crippen LogP contribution in [0.3, 0.4) is 0 Å². The van der Waals surface area contributed by atoms with Crippen LogP contribution in [0.2, 0.25) is 0 Å². The number of nitrogens with zero attached hydrogens (tertiary/aromatic N) is 3. The second-order valence-electron chi connectivity index (χ2n) is 5.10. The van der Waals surface area contributed by atoms with E-state index >= 15 is 0 Å². The van der Waals surface area contributed by atoms with Gasteiger partial charge in [-0.25, -0.2) is 4.98 Å². The summed E-state index contributed by atoms with van der Waals surface area (Å²) in [5, 5.41) is 0. The molecule has 1 saturated heterocycles. The molecule has 0 amide bonds. The van der Waals surface area contributed by atoms with Gasteiger partial charge in [-0.2, -0.15) is 0 Å². The van der Waals surface area contributed by atoms with Gasteiger partial charge in [-0.05, 0) is 22.4 Å². The number of aromatic amines is 1. The third-order valence-corrected chi connectivity index (χ3v) is 4.71. The van der Waals surface area contributed by atoms with Crippen molar-refractivity contribution >= 4 is 39.0 Å². The van der Waals surface area contributed by atoms with E-state index in [0.717, 1.165) is 39.0 Å². The minimum atomic E-state index is -0.158.